The van der Waals surface area contributed by atoms with E-state index in [2.05, 4.69) is 15.3 Å². The van der Waals surface area contributed by atoms with Gasteiger partial charge >= 0.3 is 0 Å². The van der Waals surface area contributed by atoms with Crippen molar-refractivity contribution in [2.75, 3.05) is 5.73 Å². The molecule has 0 saturated carbocycles. The molecule has 1 aromatic carbocycles. The highest BCUT2D eigenvalue weighted by atomic mass is 35.5. The van der Waals surface area contributed by atoms with E-state index in [1.807, 2.05) is 24.3 Å². The van der Waals surface area contributed by atoms with Crippen LogP contribution in [0.5, 0.6) is 0 Å². The zero-order valence-corrected chi connectivity index (χ0v) is 13.4. The summed E-state index contributed by atoms with van der Waals surface area (Å²) in [7, 11) is 0. The zero-order valence-electron chi connectivity index (χ0n) is 11.9. The lowest BCUT2D eigenvalue weighted by Crippen LogP contribution is -2.22. The largest absolute Gasteiger partial charge is 0.383 e. The van der Waals surface area contributed by atoms with Crippen LogP contribution in [0.25, 0.3) is 10.8 Å². The highest BCUT2D eigenvalue weighted by Crippen LogP contribution is 2.21. The monoisotopic (exact) mass is 346 g/mol. The number of pyridine rings is 2. The molecular weight excluding hydrogens is 335 g/mol. The SMILES string of the molecule is Nc1nccc2cc(CNC(=O)c3cnc(Cl)c(Cl)c3)ccc12. The van der Waals surface area contributed by atoms with Crippen LogP contribution >= 0.6 is 23.2 Å². The van der Waals surface area contributed by atoms with Crippen molar-refractivity contribution >= 4 is 45.7 Å². The number of carbonyl (C=O) groups is 1. The molecule has 2 aromatic heterocycles. The van der Waals surface area contributed by atoms with E-state index in [1.165, 1.54) is 12.3 Å². The molecule has 0 aliphatic rings. The summed E-state index contributed by atoms with van der Waals surface area (Å²) in [6.45, 7) is 0.372. The van der Waals surface area contributed by atoms with Crippen molar-refractivity contribution in [1.82, 2.24) is 15.3 Å². The average Bonchev–Trinajstić information content (AvgIpc) is 2.55. The Morgan fingerprint density at radius 2 is 2.00 bits per heavy atom. The smallest absolute Gasteiger partial charge is 0.253 e. The fraction of sp³-hybridized carbons (Fsp3) is 0.0625. The Labute approximate surface area is 142 Å². The van der Waals surface area contributed by atoms with Gasteiger partial charge in [0.2, 0.25) is 0 Å². The number of anilines is 1. The number of amides is 1. The molecule has 0 saturated heterocycles. The maximum Gasteiger partial charge on any atom is 0.253 e. The van der Waals surface area contributed by atoms with Crippen molar-refractivity contribution in [3.05, 3.63) is 64.0 Å². The molecule has 0 aliphatic carbocycles. The molecule has 3 rings (SSSR count). The van der Waals surface area contributed by atoms with Crippen LogP contribution in [0.15, 0.2) is 42.7 Å². The summed E-state index contributed by atoms with van der Waals surface area (Å²) in [5.41, 5.74) is 7.12. The quantitative estimate of drug-likeness (QED) is 0.711. The lowest BCUT2D eigenvalue weighted by Gasteiger charge is -2.08. The molecule has 23 heavy (non-hydrogen) atoms. The summed E-state index contributed by atoms with van der Waals surface area (Å²) in [6, 6.07) is 9.10. The van der Waals surface area contributed by atoms with Crippen LogP contribution < -0.4 is 11.1 Å². The fourth-order valence-corrected chi connectivity index (χ4v) is 2.46. The van der Waals surface area contributed by atoms with Crippen LogP contribution in [0.1, 0.15) is 15.9 Å². The molecular formula is C16H12Cl2N4O. The van der Waals surface area contributed by atoms with Crippen molar-refractivity contribution in [3.8, 4) is 0 Å². The van der Waals surface area contributed by atoms with E-state index in [9.17, 15) is 4.79 Å². The number of nitrogens with two attached hydrogens (primary N) is 1. The van der Waals surface area contributed by atoms with Gasteiger partial charge < -0.3 is 11.1 Å². The Morgan fingerprint density at radius 3 is 2.78 bits per heavy atom. The normalized spacial score (nSPS) is 10.7. The van der Waals surface area contributed by atoms with Crippen LogP contribution in [0, 0.1) is 0 Å². The first-order valence-corrected chi connectivity index (χ1v) is 7.52. The number of rotatable bonds is 3. The third-order valence-electron chi connectivity index (χ3n) is 3.37. The number of fused-ring (bicyclic) bond motifs is 1. The number of nitrogen functional groups attached to an aromatic ring is 1. The second kappa shape index (κ2) is 6.40. The second-order valence-electron chi connectivity index (χ2n) is 4.93. The van der Waals surface area contributed by atoms with Gasteiger partial charge in [-0.2, -0.15) is 0 Å². The number of hydrogen-bond donors (Lipinski definition) is 2. The standard InChI is InChI=1S/C16H12Cl2N4O/c17-13-6-11(8-21-14(13)18)16(23)22-7-9-1-2-12-10(5-9)3-4-20-15(12)19/h1-6,8H,7H2,(H2,19,20)(H,22,23). The summed E-state index contributed by atoms with van der Waals surface area (Å²) < 4.78 is 0. The van der Waals surface area contributed by atoms with Crippen molar-refractivity contribution in [1.29, 1.82) is 0 Å². The molecule has 5 nitrogen and oxygen atoms in total. The number of aromatic nitrogens is 2. The second-order valence-corrected chi connectivity index (χ2v) is 5.70. The topological polar surface area (TPSA) is 80.9 Å². The Kier molecular flexibility index (Phi) is 4.32. The Hall–Kier alpha value is -2.37. The first-order chi connectivity index (χ1) is 11.0. The lowest BCUT2D eigenvalue weighted by molar-refractivity contribution is 0.0950. The zero-order chi connectivity index (χ0) is 16.4. The molecule has 3 aromatic rings. The van der Waals surface area contributed by atoms with E-state index in [-0.39, 0.29) is 16.1 Å². The van der Waals surface area contributed by atoms with Gasteiger partial charge in [0, 0.05) is 24.3 Å². The van der Waals surface area contributed by atoms with Crippen LogP contribution in [-0.2, 0) is 6.54 Å². The van der Waals surface area contributed by atoms with Crippen molar-refractivity contribution in [2.45, 2.75) is 6.54 Å². The summed E-state index contributed by atoms with van der Waals surface area (Å²) >= 11 is 11.6. The summed E-state index contributed by atoms with van der Waals surface area (Å²) in [5, 5.41) is 5.09. The van der Waals surface area contributed by atoms with Gasteiger partial charge in [-0.3, -0.25) is 4.79 Å². The highest BCUT2D eigenvalue weighted by molar-refractivity contribution is 6.41. The molecule has 116 valence electrons. The predicted octanol–water partition coefficient (Wildman–Crippen LogP) is 3.45. The molecule has 0 unspecified atom stereocenters. The first kappa shape index (κ1) is 15.5. The van der Waals surface area contributed by atoms with Crippen LogP contribution in [0.2, 0.25) is 10.2 Å². The van der Waals surface area contributed by atoms with Crippen molar-refractivity contribution < 1.29 is 4.79 Å². The average molecular weight is 347 g/mol. The van der Waals surface area contributed by atoms with E-state index in [0.717, 1.165) is 16.3 Å². The minimum atomic E-state index is -0.273. The Balaban J connectivity index is 1.75. The molecule has 0 radical (unpaired) electrons. The van der Waals surface area contributed by atoms with E-state index < -0.39 is 0 Å². The maximum absolute atomic E-state index is 12.1. The van der Waals surface area contributed by atoms with Gasteiger partial charge in [-0.15, -0.1) is 0 Å². The lowest BCUT2D eigenvalue weighted by atomic mass is 10.1. The third-order valence-corrected chi connectivity index (χ3v) is 4.06. The summed E-state index contributed by atoms with van der Waals surface area (Å²) in [5.74, 6) is 0.213. The van der Waals surface area contributed by atoms with Crippen LogP contribution in [0.4, 0.5) is 5.82 Å². The van der Waals surface area contributed by atoms with E-state index in [4.69, 9.17) is 28.9 Å². The molecule has 7 heteroatoms. The molecule has 2 heterocycles. The Bertz CT molecular complexity index is 898. The summed E-state index contributed by atoms with van der Waals surface area (Å²) in [6.07, 6.45) is 3.04. The van der Waals surface area contributed by atoms with Crippen molar-refractivity contribution in [2.24, 2.45) is 0 Å². The van der Waals surface area contributed by atoms with Crippen LogP contribution in [-0.4, -0.2) is 15.9 Å². The Morgan fingerprint density at radius 1 is 1.17 bits per heavy atom. The number of carbonyl (C=O) groups excluding carboxylic acids is 1. The van der Waals surface area contributed by atoms with Gasteiger partial charge in [0.05, 0.1) is 10.6 Å². The van der Waals surface area contributed by atoms with Gasteiger partial charge in [0.1, 0.15) is 11.0 Å². The molecule has 0 aliphatic heterocycles. The first-order valence-electron chi connectivity index (χ1n) is 6.77. The molecule has 0 spiro atoms. The molecule has 1 amide bonds. The fourth-order valence-electron chi connectivity index (χ4n) is 2.19. The molecule has 3 N–H and O–H groups in total. The number of nitrogens with one attached hydrogen (secondary N) is 1. The van der Waals surface area contributed by atoms with Gasteiger partial charge in [0.25, 0.3) is 5.91 Å². The van der Waals surface area contributed by atoms with Gasteiger partial charge in [0.15, 0.2) is 0 Å². The highest BCUT2D eigenvalue weighted by Gasteiger charge is 2.09. The van der Waals surface area contributed by atoms with Gasteiger partial charge in [-0.1, -0.05) is 35.3 Å². The minimum Gasteiger partial charge on any atom is -0.383 e. The van der Waals surface area contributed by atoms with E-state index >= 15 is 0 Å². The number of nitrogens with zero attached hydrogens (tertiary/aromatic N) is 2. The van der Waals surface area contributed by atoms with Crippen LogP contribution in [0.3, 0.4) is 0 Å². The summed E-state index contributed by atoms with van der Waals surface area (Å²) in [4.78, 5) is 20.0. The van der Waals surface area contributed by atoms with Gasteiger partial charge in [-0.25, -0.2) is 9.97 Å². The number of hydrogen-bond acceptors (Lipinski definition) is 4. The minimum absolute atomic E-state index is 0.170. The van der Waals surface area contributed by atoms with Gasteiger partial charge in [-0.05, 0) is 29.1 Å². The number of halogens is 2. The third kappa shape index (κ3) is 3.36. The van der Waals surface area contributed by atoms with Crippen molar-refractivity contribution in [3.63, 3.8) is 0 Å². The predicted molar refractivity (Wildman–Crippen MR) is 91.6 cm³/mol. The van der Waals surface area contributed by atoms with E-state index in [1.54, 1.807) is 6.20 Å². The molecule has 0 atom stereocenters. The molecule has 0 bridgehead atoms. The number of benzene rings is 1. The molecule has 0 fully saturated rings. The maximum atomic E-state index is 12.1. The van der Waals surface area contributed by atoms with E-state index in [0.29, 0.717) is 17.9 Å².